The van der Waals surface area contributed by atoms with Crippen LogP contribution in [0.4, 0.5) is 0 Å². The van der Waals surface area contributed by atoms with E-state index in [9.17, 15) is 0 Å². The average molecular weight is 216 g/mol. The van der Waals surface area contributed by atoms with Crippen LogP contribution in [0.25, 0.3) is 0 Å². The van der Waals surface area contributed by atoms with Crippen molar-refractivity contribution in [2.75, 3.05) is 0 Å². The molecule has 0 amide bonds. The molecule has 1 aromatic rings. The van der Waals surface area contributed by atoms with E-state index >= 15 is 0 Å². The molecule has 16 heavy (non-hydrogen) atoms. The molecule has 1 aliphatic rings. The highest BCUT2D eigenvalue weighted by molar-refractivity contribution is 5.40. The summed E-state index contributed by atoms with van der Waals surface area (Å²) < 4.78 is 0. The zero-order chi connectivity index (χ0) is 11.9. The van der Waals surface area contributed by atoms with Gasteiger partial charge in [-0.1, -0.05) is 52.8 Å². The minimum absolute atomic E-state index is 0.283. The van der Waals surface area contributed by atoms with E-state index in [-0.39, 0.29) is 5.41 Å². The van der Waals surface area contributed by atoms with Crippen LogP contribution in [0.15, 0.2) is 18.2 Å². The van der Waals surface area contributed by atoms with Gasteiger partial charge in [-0.3, -0.25) is 0 Å². The Balaban J connectivity index is 2.37. The molecule has 1 aromatic carbocycles. The first-order valence-electron chi connectivity index (χ1n) is 6.53. The van der Waals surface area contributed by atoms with E-state index in [2.05, 4.69) is 52.8 Å². The van der Waals surface area contributed by atoms with Gasteiger partial charge in [-0.05, 0) is 46.8 Å². The lowest BCUT2D eigenvalue weighted by Crippen LogP contribution is -2.11. The summed E-state index contributed by atoms with van der Waals surface area (Å²) in [5.41, 5.74) is 4.98. The summed E-state index contributed by atoms with van der Waals surface area (Å²) in [6, 6.07) is 7.16. The molecular weight excluding hydrogens is 192 g/mol. The van der Waals surface area contributed by atoms with E-state index in [0.717, 1.165) is 11.8 Å². The van der Waals surface area contributed by atoms with Gasteiger partial charge in [0.05, 0.1) is 0 Å². The monoisotopic (exact) mass is 216 g/mol. The molecule has 88 valence electrons. The van der Waals surface area contributed by atoms with Crippen molar-refractivity contribution < 1.29 is 0 Å². The van der Waals surface area contributed by atoms with E-state index in [0.29, 0.717) is 0 Å². The number of hydrogen-bond donors (Lipinski definition) is 0. The van der Waals surface area contributed by atoms with Gasteiger partial charge in [0.2, 0.25) is 0 Å². The molecule has 0 spiro atoms. The lowest BCUT2D eigenvalue weighted by Gasteiger charge is -2.21. The maximum absolute atomic E-state index is 2.44. The van der Waals surface area contributed by atoms with Crippen LogP contribution < -0.4 is 0 Å². The maximum atomic E-state index is 2.44. The summed E-state index contributed by atoms with van der Waals surface area (Å²) >= 11 is 0. The fraction of sp³-hybridized carbons (Fsp3) is 0.625. The summed E-state index contributed by atoms with van der Waals surface area (Å²) in [4.78, 5) is 0. The molecule has 0 saturated carbocycles. The first-order valence-corrected chi connectivity index (χ1v) is 6.53. The summed E-state index contributed by atoms with van der Waals surface area (Å²) in [7, 11) is 0. The molecule has 0 fully saturated rings. The highest BCUT2D eigenvalue weighted by Gasteiger charge is 2.26. The largest absolute Gasteiger partial charge is 0.0622 e. The minimum atomic E-state index is 0.283. The van der Waals surface area contributed by atoms with E-state index in [1.165, 1.54) is 18.4 Å². The second-order valence-electron chi connectivity index (χ2n) is 6.55. The predicted molar refractivity (Wildman–Crippen MR) is 71.0 cm³/mol. The van der Waals surface area contributed by atoms with Gasteiger partial charge in [-0.2, -0.15) is 0 Å². The van der Waals surface area contributed by atoms with Gasteiger partial charge in [0.1, 0.15) is 0 Å². The third kappa shape index (κ3) is 2.03. The Kier molecular flexibility index (Phi) is 2.86. The third-order valence-corrected chi connectivity index (χ3v) is 3.94. The van der Waals surface area contributed by atoms with Crippen LogP contribution in [0, 0.1) is 5.92 Å². The van der Waals surface area contributed by atoms with Crippen LogP contribution in [0.5, 0.6) is 0 Å². The number of fused-ring (bicyclic) bond motifs is 1. The number of hydrogen-bond acceptors (Lipinski definition) is 0. The summed E-state index contributed by atoms with van der Waals surface area (Å²) in [6.07, 6.45) is 2.63. The molecule has 0 bridgehead atoms. The molecule has 1 unspecified atom stereocenters. The maximum Gasteiger partial charge on any atom is -0.0132 e. The van der Waals surface area contributed by atoms with Crippen LogP contribution in [0.1, 0.15) is 63.6 Å². The second kappa shape index (κ2) is 3.91. The van der Waals surface area contributed by atoms with Crippen molar-refractivity contribution in [2.45, 2.75) is 58.8 Å². The van der Waals surface area contributed by atoms with Gasteiger partial charge < -0.3 is 0 Å². The number of rotatable bonds is 1. The molecule has 0 N–H and O–H groups in total. The zero-order valence-electron chi connectivity index (χ0n) is 11.3. The summed E-state index contributed by atoms with van der Waals surface area (Å²) in [5.74, 6) is 1.57. The molecule has 0 heteroatoms. The normalized spacial score (nSPS) is 20.2. The van der Waals surface area contributed by atoms with Gasteiger partial charge in [0, 0.05) is 0 Å². The van der Waals surface area contributed by atoms with Crippen LogP contribution in [-0.2, 0) is 11.8 Å². The van der Waals surface area contributed by atoms with Crippen molar-refractivity contribution in [1.82, 2.24) is 0 Å². The van der Waals surface area contributed by atoms with Crippen molar-refractivity contribution >= 4 is 0 Å². The third-order valence-electron chi connectivity index (χ3n) is 3.94. The highest BCUT2D eigenvalue weighted by atomic mass is 14.3. The molecule has 0 aromatic heterocycles. The Labute approximate surface area is 100 Å². The summed E-state index contributed by atoms with van der Waals surface area (Å²) in [6.45, 7) is 11.6. The SMILES string of the molecule is CC(C)C1CCc2cc(C(C)(C)C)ccc21. The van der Waals surface area contributed by atoms with E-state index < -0.39 is 0 Å². The van der Waals surface area contributed by atoms with Crippen molar-refractivity contribution in [2.24, 2.45) is 5.92 Å². The van der Waals surface area contributed by atoms with Crippen LogP contribution >= 0.6 is 0 Å². The van der Waals surface area contributed by atoms with Gasteiger partial charge in [-0.25, -0.2) is 0 Å². The highest BCUT2D eigenvalue weighted by Crippen LogP contribution is 2.39. The van der Waals surface area contributed by atoms with Crippen molar-refractivity contribution in [3.63, 3.8) is 0 Å². The Morgan fingerprint density at radius 2 is 1.88 bits per heavy atom. The summed E-state index contributed by atoms with van der Waals surface area (Å²) in [5, 5.41) is 0. The van der Waals surface area contributed by atoms with Gasteiger partial charge in [0.15, 0.2) is 0 Å². The fourth-order valence-electron chi connectivity index (χ4n) is 2.81. The molecule has 0 saturated heterocycles. The molecule has 0 heterocycles. The van der Waals surface area contributed by atoms with Gasteiger partial charge in [0.25, 0.3) is 0 Å². The Hall–Kier alpha value is -0.780. The van der Waals surface area contributed by atoms with E-state index in [1.54, 1.807) is 11.1 Å². The molecule has 0 aliphatic heterocycles. The van der Waals surface area contributed by atoms with Gasteiger partial charge >= 0.3 is 0 Å². The van der Waals surface area contributed by atoms with Crippen LogP contribution in [0.3, 0.4) is 0 Å². The predicted octanol–water partition coefficient (Wildman–Crippen LogP) is 4.67. The lowest BCUT2D eigenvalue weighted by atomic mass is 9.84. The molecule has 1 atom stereocenters. The average Bonchev–Trinajstić information content (AvgIpc) is 2.58. The number of benzene rings is 1. The second-order valence-corrected chi connectivity index (χ2v) is 6.55. The van der Waals surface area contributed by atoms with Crippen molar-refractivity contribution in [3.05, 3.63) is 34.9 Å². The molecule has 1 aliphatic carbocycles. The van der Waals surface area contributed by atoms with Crippen molar-refractivity contribution in [1.29, 1.82) is 0 Å². The lowest BCUT2D eigenvalue weighted by molar-refractivity contribution is 0.495. The van der Waals surface area contributed by atoms with Gasteiger partial charge in [-0.15, -0.1) is 0 Å². The first kappa shape index (κ1) is 11.7. The Morgan fingerprint density at radius 3 is 2.44 bits per heavy atom. The smallest absolute Gasteiger partial charge is 0.0132 e. The molecule has 2 rings (SSSR count). The quantitative estimate of drug-likeness (QED) is 0.640. The molecule has 0 radical (unpaired) electrons. The Bertz CT molecular complexity index is 380. The molecular formula is C16H24. The van der Waals surface area contributed by atoms with E-state index in [1.807, 2.05) is 0 Å². The Morgan fingerprint density at radius 1 is 1.19 bits per heavy atom. The molecule has 0 nitrogen and oxygen atoms in total. The van der Waals surface area contributed by atoms with Crippen molar-refractivity contribution in [3.8, 4) is 0 Å². The van der Waals surface area contributed by atoms with Crippen LogP contribution in [0.2, 0.25) is 0 Å². The zero-order valence-corrected chi connectivity index (χ0v) is 11.3. The number of aryl methyl sites for hydroxylation is 1. The topological polar surface area (TPSA) is 0 Å². The standard InChI is InChI=1S/C16H24/c1-11(2)14-8-6-12-10-13(16(3,4)5)7-9-15(12)14/h7,9-11,14H,6,8H2,1-5H3. The van der Waals surface area contributed by atoms with Crippen LogP contribution in [-0.4, -0.2) is 0 Å². The van der Waals surface area contributed by atoms with E-state index in [4.69, 9.17) is 0 Å². The minimum Gasteiger partial charge on any atom is -0.0622 e. The first-order chi connectivity index (χ1) is 7.39. The fourth-order valence-corrected chi connectivity index (χ4v) is 2.81.